The molecule has 124 valence electrons. The summed E-state index contributed by atoms with van der Waals surface area (Å²) in [6.07, 6.45) is 2.85. The topological polar surface area (TPSA) is 55.7 Å². The molecule has 1 aromatic carbocycles. The van der Waals surface area contributed by atoms with Gasteiger partial charge in [0.1, 0.15) is 0 Å². The van der Waals surface area contributed by atoms with Gasteiger partial charge in [0.15, 0.2) is 11.5 Å². The summed E-state index contributed by atoms with van der Waals surface area (Å²) < 4.78 is 11.6. The smallest absolute Gasteiger partial charge is 0.203 e. The number of aromatic nitrogens is 1. The molecular weight excluding hydrogens is 310 g/mol. The van der Waals surface area contributed by atoms with E-state index in [0.717, 1.165) is 34.3 Å². The Balaban J connectivity index is 2.08. The second-order valence-corrected chi connectivity index (χ2v) is 6.00. The molecule has 1 heterocycles. The van der Waals surface area contributed by atoms with Crippen molar-refractivity contribution in [3.8, 4) is 11.5 Å². The van der Waals surface area contributed by atoms with Gasteiger partial charge in [0.25, 0.3) is 0 Å². The lowest BCUT2D eigenvalue weighted by Gasteiger charge is -2.16. The SMILES string of the molecule is CCOc1cc(C=NNc2nc(C)cs2)ccc1OC(C)CC. The Labute approximate surface area is 141 Å². The predicted molar refractivity (Wildman–Crippen MR) is 96.1 cm³/mol. The maximum Gasteiger partial charge on any atom is 0.203 e. The molecule has 0 saturated heterocycles. The Kier molecular flexibility index (Phi) is 6.40. The van der Waals surface area contributed by atoms with E-state index < -0.39 is 0 Å². The molecule has 0 aliphatic carbocycles. The minimum absolute atomic E-state index is 0.156. The molecule has 1 atom stereocenters. The third-order valence-corrected chi connectivity index (χ3v) is 4.03. The fourth-order valence-electron chi connectivity index (χ4n) is 1.84. The van der Waals surface area contributed by atoms with Crippen molar-refractivity contribution >= 4 is 22.7 Å². The van der Waals surface area contributed by atoms with Crippen molar-refractivity contribution in [2.24, 2.45) is 5.10 Å². The van der Waals surface area contributed by atoms with Crippen molar-refractivity contribution in [3.63, 3.8) is 0 Å². The van der Waals surface area contributed by atoms with Crippen LogP contribution in [-0.4, -0.2) is 23.9 Å². The maximum atomic E-state index is 5.89. The zero-order valence-electron chi connectivity index (χ0n) is 14.0. The van der Waals surface area contributed by atoms with Crippen molar-refractivity contribution in [3.05, 3.63) is 34.8 Å². The number of aryl methyl sites for hydroxylation is 1. The lowest BCUT2D eigenvalue weighted by atomic mass is 10.2. The molecule has 1 unspecified atom stereocenters. The van der Waals surface area contributed by atoms with E-state index in [1.165, 1.54) is 11.3 Å². The average molecular weight is 333 g/mol. The number of nitrogens with zero attached hydrogens (tertiary/aromatic N) is 2. The number of hydrogen-bond donors (Lipinski definition) is 1. The summed E-state index contributed by atoms with van der Waals surface area (Å²) in [6, 6.07) is 5.81. The van der Waals surface area contributed by atoms with Crippen molar-refractivity contribution in [2.45, 2.75) is 40.2 Å². The van der Waals surface area contributed by atoms with Crippen LogP contribution < -0.4 is 14.9 Å². The van der Waals surface area contributed by atoms with E-state index in [-0.39, 0.29) is 6.10 Å². The molecule has 0 fully saturated rings. The van der Waals surface area contributed by atoms with E-state index in [9.17, 15) is 0 Å². The minimum Gasteiger partial charge on any atom is -0.490 e. The molecule has 2 rings (SSSR count). The predicted octanol–water partition coefficient (Wildman–Crippen LogP) is 4.47. The van der Waals surface area contributed by atoms with Gasteiger partial charge in [-0.05, 0) is 51.0 Å². The number of nitrogens with one attached hydrogen (secondary N) is 1. The van der Waals surface area contributed by atoms with Crippen molar-refractivity contribution in [1.29, 1.82) is 0 Å². The number of ether oxygens (including phenoxy) is 2. The highest BCUT2D eigenvalue weighted by atomic mass is 32.1. The van der Waals surface area contributed by atoms with Crippen LogP contribution in [0, 0.1) is 6.92 Å². The Morgan fingerprint density at radius 1 is 1.35 bits per heavy atom. The number of anilines is 1. The number of hydrazone groups is 1. The molecular formula is C17H23N3O2S. The van der Waals surface area contributed by atoms with Crippen LogP contribution in [-0.2, 0) is 0 Å². The molecule has 5 nitrogen and oxygen atoms in total. The lowest BCUT2D eigenvalue weighted by molar-refractivity contribution is 0.203. The molecule has 0 bridgehead atoms. The van der Waals surface area contributed by atoms with Gasteiger partial charge in [0, 0.05) is 5.38 Å². The maximum absolute atomic E-state index is 5.89. The first kappa shape index (κ1) is 17.3. The summed E-state index contributed by atoms with van der Waals surface area (Å²) in [5.41, 5.74) is 4.85. The highest BCUT2D eigenvalue weighted by Crippen LogP contribution is 2.29. The summed E-state index contributed by atoms with van der Waals surface area (Å²) in [4.78, 5) is 4.29. The number of benzene rings is 1. The van der Waals surface area contributed by atoms with E-state index in [0.29, 0.717) is 6.61 Å². The molecule has 0 aliphatic rings. The van der Waals surface area contributed by atoms with Crippen LogP contribution in [0.25, 0.3) is 0 Å². The number of rotatable bonds is 8. The van der Waals surface area contributed by atoms with Gasteiger partial charge < -0.3 is 9.47 Å². The summed E-state index contributed by atoms with van der Waals surface area (Å²) in [5, 5.41) is 6.97. The van der Waals surface area contributed by atoms with E-state index in [1.54, 1.807) is 6.21 Å². The van der Waals surface area contributed by atoms with Gasteiger partial charge in [-0.1, -0.05) is 6.92 Å². The van der Waals surface area contributed by atoms with Gasteiger partial charge in [-0.2, -0.15) is 5.10 Å². The van der Waals surface area contributed by atoms with Crippen LogP contribution in [0.2, 0.25) is 0 Å². The van der Waals surface area contributed by atoms with Crippen molar-refractivity contribution in [2.75, 3.05) is 12.0 Å². The summed E-state index contributed by atoms with van der Waals surface area (Å²) >= 11 is 1.53. The van der Waals surface area contributed by atoms with Crippen LogP contribution in [0.5, 0.6) is 11.5 Å². The summed E-state index contributed by atoms with van der Waals surface area (Å²) in [6.45, 7) is 8.65. The molecule has 1 aromatic heterocycles. The molecule has 2 aromatic rings. The van der Waals surface area contributed by atoms with E-state index in [1.807, 2.05) is 44.4 Å². The van der Waals surface area contributed by atoms with Crippen LogP contribution in [0.3, 0.4) is 0 Å². The second kappa shape index (κ2) is 8.53. The van der Waals surface area contributed by atoms with Gasteiger partial charge in [-0.15, -0.1) is 11.3 Å². The van der Waals surface area contributed by atoms with Gasteiger partial charge in [0.05, 0.1) is 24.6 Å². The minimum atomic E-state index is 0.156. The first-order valence-corrected chi connectivity index (χ1v) is 8.65. The summed E-state index contributed by atoms with van der Waals surface area (Å²) in [7, 11) is 0. The largest absolute Gasteiger partial charge is 0.490 e. The van der Waals surface area contributed by atoms with E-state index in [2.05, 4.69) is 22.4 Å². The van der Waals surface area contributed by atoms with Gasteiger partial charge >= 0.3 is 0 Å². The first-order valence-electron chi connectivity index (χ1n) is 7.77. The van der Waals surface area contributed by atoms with Gasteiger partial charge in [-0.25, -0.2) is 4.98 Å². The first-order chi connectivity index (χ1) is 11.1. The highest BCUT2D eigenvalue weighted by Gasteiger charge is 2.09. The van der Waals surface area contributed by atoms with Crippen molar-refractivity contribution < 1.29 is 9.47 Å². The van der Waals surface area contributed by atoms with Gasteiger partial charge in [0.2, 0.25) is 5.13 Å². The Morgan fingerprint density at radius 2 is 2.17 bits per heavy atom. The van der Waals surface area contributed by atoms with E-state index >= 15 is 0 Å². The zero-order valence-corrected chi connectivity index (χ0v) is 14.8. The number of thiazole rings is 1. The number of hydrogen-bond acceptors (Lipinski definition) is 6. The van der Waals surface area contributed by atoms with Crippen molar-refractivity contribution in [1.82, 2.24) is 4.98 Å². The molecule has 0 spiro atoms. The fraction of sp³-hybridized carbons (Fsp3) is 0.412. The van der Waals surface area contributed by atoms with Crippen LogP contribution in [0.4, 0.5) is 5.13 Å². The second-order valence-electron chi connectivity index (χ2n) is 5.14. The van der Waals surface area contributed by atoms with Crippen LogP contribution >= 0.6 is 11.3 Å². The van der Waals surface area contributed by atoms with E-state index in [4.69, 9.17) is 9.47 Å². The molecule has 0 amide bonds. The Morgan fingerprint density at radius 3 is 2.83 bits per heavy atom. The molecule has 1 N–H and O–H groups in total. The molecule has 23 heavy (non-hydrogen) atoms. The van der Waals surface area contributed by atoms with Crippen LogP contribution in [0.1, 0.15) is 38.4 Å². The quantitative estimate of drug-likeness (QED) is 0.572. The molecule has 0 saturated carbocycles. The zero-order chi connectivity index (χ0) is 16.7. The average Bonchev–Trinajstić information content (AvgIpc) is 2.95. The third kappa shape index (κ3) is 5.25. The fourth-order valence-corrected chi connectivity index (χ4v) is 2.48. The monoisotopic (exact) mass is 333 g/mol. The lowest BCUT2D eigenvalue weighted by Crippen LogP contribution is -2.11. The Bertz CT molecular complexity index is 655. The van der Waals surface area contributed by atoms with Gasteiger partial charge in [-0.3, -0.25) is 5.43 Å². The summed E-state index contributed by atoms with van der Waals surface area (Å²) in [5.74, 6) is 1.50. The Hall–Kier alpha value is -2.08. The normalized spacial score (nSPS) is 12.3. The highest BCUT2D eigenvalue weighted by molar-refractivity contribution is 7.13. The molecule has 0 aliphatic heterocycles. The third-order valence-electron chi connectivity index (χ3n) is 3.16. The molecule has 0 radical (unpaired) electrons. The molecule has 6 heteroatoms. The standard InChI is InChI=1S/C17H23N3O2S/c1-5-13(4)22-15-8-7-14(9-16(15)21-6-2)10-18-20-17-19-12(3)11-23-17/h7-11,13H,5-6H2,1-4H3,(H,19,20). The van der Waals surface area contributed by atoms with Crippen LogP contribution in [0.15, 0.2) is 28.7 Å².